The SMILES string of the molecule is Cc1ccc(-c2ccc(CN3CCCN(C)CC3)cc2)c(CO)c1. The quantitative estimate of drug-likeness (QED) is 0.935. The monoisotopic (exact) mass is 324 g/mol. The zero-order chi connectivity index (χ0) is 16.9. The summed E-state index contributed by atoms with van der Waals surface area (Å²) in [6.45, 7) is 7.84. The molecule has 24 heavy (non-hydrogen) atoms. The third kappa shape index (κ3) is 4.23. The normalized spacial score (nSPS) is 17.0. The zero-order valence-electron chi connectivity index (χ0n) is 14.8. The Bertz CT molecular complexity index is 666. The molecular weight excluding hydrogens is 296 g/mol. The summed E-state index contributed by atoms with van der Waals surface area (Å²) in [7, 11) is 2.21. The smallest absolute Gasteiger partial charge is 0.0687 e. The van der Waals surface area contributed by atoms with E-state index in [9.17, 15) is 5.11 Å². The summed E-state index contributed by atoms with van der Waals surface area (Å²) in [6, 6.07) is 15.1. The molecule has 0 bridgehead atoms. The van der Waals surface area contributed by atoms with Gasteiger partial charge in [0, 0.05) is 19.6 Å². The standard InChI is InChI=1S/C21H28N2O/c1-17-4-9-21(20(14-17)16-24)19-7-5-18(6-8-19)15-23-11-3-10-22(2)12-13-23/h4-9,14,24H,3,10-13,15-16H2,1-2H3. The van der Waals surface area contributed by atoms with Gasteiger partial charge in [0.15, 0.2) is 0 Å². The van der Waals surface area contributed by atoms with Gasteiger partial charge in [0.05, 0.1) is 6.61 Å². The molecule has 3 rings (SSSR count). The lowest BCUT2D eigenvalue weighted by atomic mass is 9.97. The van der Waals surface area contributed by atoms with Gasteiger partial charge in [-0.3, -0.25) is 4.90 Å². The van der Waals surface area contributed by atoms with Gasteiger partial charge in [-0.15, -0.1) is 0 Å². The summed E-state index contributed by atoms with van der Waals surface area (Å²) in [6.07, 6.45) is 1.25. The Kier molecular flexibility index (Phi) is 5.67. The highest BCUT2D eigenvalue weighted by atomic mass is 16.3. The highest BCUT2D eigenvalue weighted by Gasteiger charge is 2.12. The Labute approximate surface area is 145 Å². The lowest BCUT2D eigenvalue weighted by Crippen LogP contribution is -2.28. The zero-order valence-corrected chi connectivity index (χ0v) is 14.8. The van der Waals surface area contributed by atoms with Crippen LogP contribution in [0.25, 0.3) is 11.1 Å². The van der Waals surface area contributed by atoms with Gasteiger partial charge < -0.3 is 10.0 Å². The van der Waals surface area contributed by atoms with Crippen LogP contribution in [0.4, 0.5) is 0 Å². The number of aliphatic hydroxyl groups is 1. The molecule has 1 heterocycles. The molecular formula is C21H28N2O. The molecule has 1 fully saturated rings. The van der Waals surface area contributed by atoms with E-state index >= 15 is 0 Å². The van der Waals surface area contributed by atoms with Crippen LogP contribution in [0, 0.1) is 6.92 Å². The number of aryl methyl sites for hydroxylation is 1. The first-order valence-electron chi connectivity index (χ1n) is 8.86. The maximum Gasteiger partial charge on any atom is 0.0687 e. The summed E-state index contributed by atoms with van der Waals surface area (Å²) in [4.78, 5) is 4.96. The largest absolute Gasteiger partial charge is 0.392 e. The first-order valence-corrected chi connectivity index (χ1v) is 8.86. The number of likely N-dealkylation sites (N-methyl/N-ethyl adjacent to an activating group) is 1. The van der Waals surface area contributed by atoms with Gasteiger partial charge in [0.25, 0.3) is 0 Å². The van der Waals surface area contributed by atoms with E-state index < -0.39 is 0 Å². The lowest BCUT2D eigenvalue weighted by molar-refractivity contribution is 0.269. The van der Waals surface area contributed by atoms with Crippen molar-refractivity contribution in [2.45, 2.75) is 26.5 Å². The molecule has 1 aliphatic rings. The molecule has 1 aliphatic heterocycles. The molecule has 3 nitrogen and oxygen atoms in total. The molecule has 0 atom stereocenters. The predicted octanol–water partition coefficient (Wildman–Crippen LogP) is 3.29. The predicted molar refractivity (Wildman–Crippen MR) is 99.9 cm³/mol. The van der Waals surface area contributed by atoms with E-state index in [-0.39, 0.29) is 6.61 Å². The summed E-state index contributed by atoms with van der Waals surface area (Å²) in [5.74, 6) is 0. The van der Waals surface area contributed by atoms with Crippen molar-refractivity contribution in [2.24, 2.45) is 0 Å². The molecule has 1 saturated heterocycles. The molecule has 3 heteroatoms. The van der Waals surface area contributed by atoms with Crippen molar-refractivity contribution in [3.8, 4) is 11.1 Å². The van der Waals surface area contributed by atoms with Crippen LogP contribution < -0.4 is 0 Å². The van der Waals surface area contributed by atoms with Crippen LogP contribution in [0.1, 0.15) is 23.1 Å². The second-order valence-electron chi connectivity index (χ2n) is 6.95. The lowest BCUT2D eigenvalue weighted by Gasteiger charge is -2.20. The van der Waals surface area contributed by atoms with Crippen molar-refractivity contribution in [3.05, 3.63) is 59.2 Å². The molecule has 0 spiro atoms. The van der Waals surface area contributed by atoms with E-state index in [2.05, 4.69) is 66.2 Å². The second kappa shape index (κ2) is 7.93. The number of rotatable bonds is 4. The minimum Gasteiger partial charge on any atom is -0.392 e. The second-order valence-corrected chi connectivity index (χ2v) is 6.95. The minimum absolute atomic E-state index is 0.0834. The number of aliphatic hydroxyl groups excluding tert-OH is 1. The van der Waals surface area contributed by atoms with Gasteiger partial charge in [-0.2, -0.15) is 0 Å². The van der Waals surface area contributed by atoms with Crippen LogP contribution in [-0.2, 0) is 13.2 Å². The third-order valence-corrected chi connectivity index (χ3v) is 4.91. The Morgan fingerprint density at radius 1 is 0.958 bits per heavy atom. The highest BCUT2D eigenvalue weighted by molar-refractivity contribution is 5.68. The third-order valence-electron chi connectivity index (χ3n) is 4.91. The topological polar surface area (TPSA) is 26.7 Å². The fraction of sp³-hybridized carbons (Fsp3) is 0.429. The highest BCUT2D eigenvalue weighted by Crippen LogP contribution is 2.25. The van der Waals surface area contributed by atoms with Gasteiger partial charge in [0.2, 0.25) is 0 Å². The molecule has 0 unspecified atom stereocenters. The summed E-state index contributed by atoms with van der Waals surface area (Å²) < 4.78 is 0. The molecule has 2 aromatic rings. The van der Waals surface area contributed by atoms with Crippen LogP contribution in [-0.4, -0.2) is 48.1 Å². The first-order chi connectivity index (χ1) is 11.7. The Morgan fingerprint density at radius 3 is 2.50 bits per heavy atom. The van der Waals surface area contributed by atoms with Crippen molar-refractivity contribution >= 4 is 0 Å². The van der Waals surface area contributed by atoms with Gasteiger partial charge in [-0.25, -0.2) is 0 Å². The van der Waals surface area contributed by atoms with Crippen molar-refractivity contribution in [2.75, 3.05) is 33.2 Å². The Balaban J connectivity index is 1.71. The number of hydrogen-bond donors (Lipinski definition) is 1. The average molecular weight is 324 g/mol. The van der Waals surface area contributed by atoms with E-state index in [0.717, 1.165) is 30.8 Å². The van der Waals surface area contributed by atoms with Crippen molar-refractivity contribution < 1.29 is 5.11 Å². The van der Waals surface area contributed by atoms with E-state index in [1.807, 2.05) is 0 Å². The van der Waals surface area contributed by atoms with Gasteiger partial charge in [-0.05, 0) is 55.7 Å². The number of benzene rings is 2. The van der Waals surface area contributed by atoms with Crippen LogP contribution in [0.15, 0.2) is 42.5 Å². The molecule has 0 aromatic heterocycles. The van der Waals surface area contributed by atoms with E-state index in [1.165, 1.54) is 36.2 Å². The summed E-state index contributed by atoms with van der Waals surface area (Å²) >= 11 is 0. The number of nitrogens with zero attached hydrogens (tertiary/aromatic N) is 2. The van der Waals surface area contributed by atoms with Crippen LogP contribution >= 0.6 is 0 Å². The Morgan fingerprint density at radius 2 is 1.75 bits per heavy atom. The van der Waals surface area contributed by atoms with E-state index in [0.29, 0.717) is 0 Å². The van der Waals surface area contributed by atoms with Crippen LogP contribution in [0.2, 0.25) is 0 Å². The van der Waals surface area contributed by atoms with E-state index in [1.54, 1.807) is 0 Å². The van der Waals surface area contributed by atoms with Crippen molar-refractivity contribution in [1.82, 2.24) is 9.80 Å². The molecule has 1 N–H and O–H groups in total. The summed E-state index contributed by atoms with van der Waals surface area (Å²) in [5, 5.41) is 9.61. The number of hydrogen-bond acceptors (Lipinski definition) is 3. The molecule has 128 valence electrons. The molecule has 0 saturated carbocycles. The van der Waals surface area contributed by atoms with Crippen LogP contribution in [0.3, 0.4) is 0 Å². The van der Waals surface area contributed by atoms with Crippen LogP contribution in [0.5, 0.6) is 0 Å². The first kappa shape index (κ1) is 17.2. The molecule has 0 radical (unpaired) electrons. The maximum atomic E-state index is 9.61. The maximum absolute atomic E-state index is 9.61. The van der Waals surface area contributed by atoms with Gasteiger partial charge in [0.1, 0.15) is 0 Å². The molecule has 2 aromatic carbocycles. The van der Waals surface area contributed by atoms with E-state index in [4.69, 9.17) is 0 Å². The molecule has 0 amide bonds. The van der Waals surface area contributed by atoms with Gasteiger partial charge >= 0.3 is 0 Å². The summed E-state index contributed by atoms with van der Waals surface area (Å²) in [5.41, 5.74) is 5.86. The average Bonchev–Trinajstić information content (AvgIpc) is 2.80. The molecule has 0 aliphatic carbocycles. The van der Waals surface area contributed by atoms with Gasteiger partial charge in [-0.1, -0.05) is 48.0 Å². The Hall–Kier alpha value is -1.68. The van der Waals surface area contributed by atoms with Crippen molar-refractivity contribution in [3.63, 3.8) is 0 Å². The van der Waals surface area contributed by atoms with Crippen molar-refractivity contribution in [1.29, 1.82) is 0 Å². The minimum atomic E-state index is 0.0834. The fourth-order valence-electron chi connectivity index (χ4n) is 3.44. The fourth-order valence-corrected chi connectivity index (χ4v) is 3.44.